The van der Waals surface area contributed by atoms with Crippen molar-refractivity contribution in [3.63, 3.8) is 0 Å². The number of carbonyl (C=O) groups is 2. The number of alkyl halides is 4. The fourth-order valence-corrected chi connectivity index (χ4v) is 4.44. The molecule has 37 heavy (non-hydrogen) atoms. The third kappa shape index (κ3) is 4.95. The van der Waals surface area contributed by atoms with Crippen LogP contribution in [0.3, 0.4) is 0 Å². The highest BCUT2D eigenvalue weighted by Gasteiger charge is 2.41. The van der Waals surface area contributed by atoms with Gasteiger partial charge < -0.3 is 21.1 Å². The van der Waals surface area contributed by atoms with Gasteiger partial charge in [0.15, 0.2) is 5.82 Å². The Hall–Kier alpha value is -3.74. The Kier molecular flexibility index (Phi) is 6.61. The van der Waals surface area contributed by atoms with Gasteiger partial charge in [-0.2, -0.15) is 18.3 Å². The van der Waals surface area contributed by atoms with Crippen molar-refractivity contribution in [1.82, 2.24) is 24.8 Å². The van der Waals surface area contributed by atoms with E-state index in [9.17, 15) is 32.3 Å². The normalized spacial score (nSPS) is 18.4. The fraction of sp³-hybridized carbons (Fsp3) is 0.417. The molecule has 0 spiro atoms. The first kappa shape index (κ1) is 26.3. The standard InChI is InChI=1S/C24H26F4N6O3/c1-4-12-5-6-13(18-8-15(24(26,27)28)19-20(29)30-11-31-34(18)19)7-14(12)21(35)32-17-10-33(9-16(17)25)22(36)23(2,3)37/h5-8,11,16-17,37H,4,9-10H2,1-3H3,(H,32,35)(H2,29,30,31)/t16-,17+/m0/s1. The van der Waals surface area contributed by atoms with Crippen LogP contribution in [0.4, 0.5) is 23.4 Å². The van der Waals surface area contributed by atoms with Gasteiger partial charge in [0.25, 0.3) is 11.8 Å². The molecule has 1 aliphatic heterocycles. The number of carbonyl (C=O) groups excluding carboxylic acids is 2. The number of fused-ring (bicyclic) bond motifs is 1. The van der Waals surface area contributed by atoms with E-state index >= 15 is 0 Å². The predicted molar refractivity (Wildman–Crippen MR) is 126 cm³/mol. The number of rotatable bonds is 5. The average Bonchev–Trinajstić information content (AvgIpc) is 3.39. The second kappa shape index (κ2) is 9.29. The van der Waals surface area contributed by atoms with E-state index in [4.69, 9.17) is 5.73 Å². The van der Waals surface area contributed by atoms with Crippen molar-refractivity contribution >= 4 is 23.1 Å². The van der Waals surface area contributed by atoms with Crippen LogP contribution in [0.5, 0.6) is 0 Å². The number of amides is 2. The van der Waals surface area contributed by atoms with E-state index in [0.717, 1.165) is 21.8 Å². The maximum atomic E-state index is 14.7. The van der Waals surface area contributed by atoms with Crippen LogP contribution in [0.1, 0.15) is 42.3 Å². The van der Waals surface area contributed by atoms with Gasteiger partial charge in [-0.05, 0) is 38.0 Å². The van der Waals surface area contributed by atoms with E-state index < -0.39 is 46.9 Å². The lowest BCUT2D eigenvalue weighted by Crippen LogP contribution is -2.46. The number of halogens is 4. The second-order valence-corrected chi connectivity index (χ2v) is 9.44. The molecular formula is C24H26F4N6O3. The lowest BCUT2D eigenvalue weighted by atomic mass is 9.99. The van der Waals surface area contributed by atoms with Crippen LogP contribution >= 0.6 is 0 Å². The zero-order chi connectivity index (χ0) is 27.3. The molecule has 2 atom stereocenters. The van der Waals surface area contributed by atoms with Gasteiger partial charge >= 0.3 is 6.18 Å². The van der Waals surface area contributed by atoms with Crippen LogP contribution in [0.25, 0.3) is 16.8 Å². The first-order chi connectivity index (χ1) is 17.2. The summed E-state index contributed by atoms with van der Waals surface area (Å²) in [7, 11) is 0. The number of aryl methyl sites for hydroxylation is 1. The molecule has 1 fully saturated rings. The Balaban J connectivity index is 1.69. The smallest absolute Gasteiger partial charge is 0.382 e. The number of aliphatic hydroxyl groups is 1. The molecule has 0 unspecified atom stereocenters. The minimum atomic E-state index is -4.73. The zero-order valence-corrected chi connectivity index (χ0v) is 20.3. The minimum Gasteiger partial charge on any atom is -0.382 e. The third-order valence-electron chi connectivity index (χ3n) is 6.29. The van der Waals surface area contributed by atoms with Gasteiger partial charge in [0, 0.05) is 17.7 Å². The number of hydrogen-bond acceptors (Lipinski definition) is 6. The minimum absolute atomic E-state index is 0.0410. The van der Waals surface area contributed by atoms with Crippen LogP contribution in [0.15, 0.2) is 30.6 Å². The summed E-state index contributed by atoms with van der Waals surface area (Å²) in [6, 6.07) is 4.44. The van der Waals surface area contributed by atoms with Gasteiger partial charge in [-0.1, -0.05) is 19.1 Å². The van der Waals surface area contributed by atoms with Crippen molar-refractivity contribution in [2.24, 2.45) is 0 Å². The summed E-state index contributed by atoms with van der Waals surface area (Å²) in [5, 5.41) is 16.5. The molecule has 0 aliphatic carbocycles. The number of nitrogens with zero attached hydrogens (tertiary/aromatic N) is 4. The lowest BCUT2D eigenvalue weighted by Gasteiger charge is -2.24. The van der Waals surface area contributed by atoms with E-state index in [1.807, 2.05) is 0 Å². The van der Waals surface area contributed by atoms with Gasteiger partial charge in [-0.3, -0.25) is 9.59 Å². The SMILES string of the molecule is CCc1ccc(-c2cc(C(F)(F)F)c3c(N)ncnn23)cc1C(=O)N[C@@H]1CN(C(=O)C(C)(C)O)C[C@@H]1F. The van der Waals surface area contributed by atoms with Crippen LogP contribution in [-0.4, -0.2) is 67.3 Å². The predicted octanol–water partition coefficient (Wildman–Crippen LogP) is 2.61. The maximum absolute atomic E-state index is 14.7. The van der Waals surface area contributed by atoms with Crippen LogP contribution in [0.2, 0.25) is 0 Å². The van der Waals surface area contributed by atoms with Crippen molar-refractivity contribution in [2.75, 3.05) is 18.8 Å². The molecule has 198 valence electrons. The summed E-state index contributed by atoms with van der Waals surface area (Å²) in [5.74, 6) is -1.66. The van der Waals surface area contributed by atoms with Crippen molar-refractivity contribution in [3.8, 4) is 11.3 Å². The molecule has 4 N–H and O–H groups in total. The molecule has 1 aliphatic rings. The van der Waals surface area contributed by atoms with Crippen LogP contribution < -0.4 is 11.1 Å². The highest BCUT2D eigenvalue weighted by molar-refractivity contribution is 5.97. The Morgan fingerprint density at radius 3 is 2.54 bits per heavy atom. The van der Waals surface area contributed by atoms with E-state index in [1.165, 1.54) is 19.9 Å². The quantitative estimate of drug-likeness (QED) is 0.443. The number of likely N-dealkylation sites (tertiary alicyclic amines) is 1. The second-order valence-electron chi connectivity index (χ2n) is 9.44. The fourth-order valence-electron chi connectivity index (χ4n) is 4.44. The van der Waals surface area contributed by atoms with Crippen molar-refractivity contribution in [2.45, 2.75) is 51.2 Å². The van der Waals surface area contributed by atoms with E-state index in [1.54, 1.807) is 19.1 Å². The van der Waals surface area contributed by atoms with E-state index in [-0.39, 0.29) is 35.7 Å². The van der Waals surface area contributed by atoms with Gasteiger partial charge in [0.1, 0.15) is 23.6 Å². The van der Waals surface area contributed by atoms with Crippen LogP contribution in [-0.2, 0) is 17.4 Å². The molecule has 4 rings (SSSR count). The number of benzene rings is 1. The van der Waals surface area contributed by atoms with Gasteiger partial charge in [0.05, 0.1) is 23.8 Å². The number of aromatic nitrogens is 3. The van der Waals surface area contributed by atoms with Gasteiger partial charge in [0.2, 0.25) is 0 Å². The zero-order valence-electron chi connectivity index (χ0n) is 20.3. The molecule has 2 aromatic heterocycles. The Bertz CT molecular complexity index is 1360. The molecule has 0 bridgehead atoms. The molecule has 1 saturated heterocycles. The van der Waals surface area contributed by atoms with Crippen molar-refractivity contribution in [3.05, 3.63) is 47.3 Å². The lowest BCUT2D eigenvalue weighted by molar-refractivity contribution is -0.146. The summed E-state index contributed by atoms with van der Waals surface area (Å²) < 4.78 is 56.8. The maximum Gasteiger partial charge on any atom is 0.418 e. The molecule has 9 nitrogen and oxygen atoms in total. The molecule has 3 aromatic rings. The molecule has 2 amide bonds. The number of anilines is 1. The molecule has 13 heteroatoms. The third-order valence-corrected chi connectivity index (χ3v) is 6.29. The molecule has 0 radical (unpaired) electrons. The molecule has 3 heterocycles. The molecular weight excluding hydrogens is 496 g/mol. The van der Waals surface area contributed by atoms with E-state index in [2.05, 4.69) is 15.4 Å². The average molecular weight is 523 g/mol. The number of hydrogen-bond donors (Lipinski definition) is 3. The Morgan fingerprint density at radius 2 is 1.92 bits per heavy atom. The first-order valence-corrected chi connectivity index (χ1v) is 11.5. The van der Waals surface area contributed by atoms with Crippen LogP contribution in [0, 0.1) is 0 Å². The number of nitrogens with one attached hydrogen (secondary N) is 1. The highest BCUT2D eigenvalue weighted by Crippen LogP contribution is 2.39. The van der Waals surface area contributed by atoms with Gasteiger partial charge in [-0.15, -0.1) is 0 Å². The molecule has 1 aromatic carbocycles. The van der Waals surface area contributed by atoms with Gasteiger partial charge in [-0.25, -0.2) is 13.9 Å². The highest BCUT2D eigenvalue weighted by atomic mass is 19.4. The summed E-state index contributed by atoms with van der Waals surface area (Å²) in [6.45, 7) is 3.96. The van der Waals surface area contributed by atoms with Crippen molar-refractivity contribution < 1.29 is 32.3 Å². The Labute approximate surface area is 209 Å². The summed E-state index contributed by atoms with van der Waals surface area (Å²) in [6.07, 6.45) is -4.83. The van der Waals surface area contributed by atoms with Crippen molar-refractivity contribution in [1.29, 1.82) is 0 Å². The molecule has 0 saturated carbocycles. The summed E-state index contributed by atoms with van der Waals surface area (Å²) in [4.78, 5) is 30.3. The van der Waals surface area contributed by atoms with E-state index in [0.29, 0.717) is 12.0 Å². The topological polar surface area (TPSA) is 126 Å². The number of nitrogens with two attached hydrogens (primary N) is 1. The summed E-state index contributed by atoms with van der Waals surface area (Å²) >= 11 is 0. The summed E-state index contributed by atoms with van der Waals surface area (Å²) in [5.41, 5.74) is 3.63. The monoisotopic (exact) mass is 522 g/mol. The largest absolute Gasteiger partial charge is 0.418 e. The first-order valence-electron chi connectivity index (χ1n) is 11.5. The number of nitrogen functional groups attached to an aromatic ring is 1. The Morgan fingerprint density at radius 1 is 1.22 bits per heavy atom.